The van der Waals surface area contributed by atoms with Gasteiger partial charge in [0.2, 0.25) is 0 Å². The Balaban J connectivity index is 1.53. The first-order valence-corrected chi connectivity index (χ1v) is 6.69. The average Bonchev–Trinajstić information content (AvgIpc) is 2.83. The molecule has 1 unspecified atom stereocenters. The van der Waals surface area contributed by atoms with E-state index in [1.807, 2.05) is 0 Å². The van der Waals surface area contributed by atoms with Gasteiger partial charge in [0, 0.05) is 19.7 Å². The number of hydrogen-bond acceptors (Lipinski definition) is 3. The minimum absolute atomic E-state index is 0.0579. The normalized spacial score (nSPS) is 25.8. The first-order chi connectivity index (χ1) is 8.34. The minimum Gasteiger partial charge on any atom is -0.379 e. The van der Waals surface area contributed by atoms with Crippen LogP contribution in [0.4, 0.5) is 4.79 Å². The number of likely N-dealkylation sites (tertiary alicyclic amines) is 1. The highest BCUT2D eigenvalue weighted by Crippen LogP contribution is 2.07. The summed E-state index contributed by atoms with van der Waals surface area (Å²) in [4.78, 5) is 14.0. The summed E-state index contributed by atoms with van der Waals surface area (Å²) in [5.74, 6) is 0. The fraction of sp³-hybridized carbons (Fsp3) is 0.917. The van der Waals surface area contributed by atoms with Crippen molar-refractivity contribution >= 4 is 6.03 Å². The van der Waals surface area contributed by atoms with Gasteiger partial charge in [0.1, 0.15) is 0 Å². The molecular weight excluding hydrogens is 218 g/mol. The van der Waals surface area contributed by atoms with Crippen LogP contribution in [0.25, 0.3) is 0 Å². The standard InChI is InChI=1S/C12H23N3O2/c16-12(14-11-4-9-17-10-11)13-5-8-15-6-2-1-3-7-15/h11H,1-10H2,(H2,13,14,16). The van der Waals surface area contributed by atoms with Gasteiger partial charge in [-0.2, -0.15) is 0 Å². The monoisotopic (exact) mass is 241 g/mol. The van der Waals surface area contributed by atoms with Gasteiger partial charge in [-0.1, -0.05) is 6.42 Å². The van der Waals surface area contributed by atoms with E-state index < -0.39 is 0 Å². The van der Waals surface area contributed by atoms with Crippen molar-refractivity contribution in [3.8, 4) is 0 Å². The number of rotatable bonds is 4. The Labute approximate surface area is 103 Å². The van der Waals surface area contributed by atoms with E-state index in [1.54, 1.807) is 0 Å². The molecule has 0 bridgehead atoms. The van der Waals surface area contributed by atoms with Crippen LogP contribution in [-0.4, -0.2) is 56.4 Å². The van der Waals surface area contributed by atoms with E-state index in [9.17, 15) is 4.79 Å². The van der Waals surface area contributed by atoms with Crippen LogP contribution >= 0.6 is 0 Å². The SMILES string of the molecule is O=C(NCCN1CCCCC1)NC1CCOC1. The fourth-order valence-electron chi connectivity index (χ4n) is 2.40. The predicted molar refractivity (Wildman–Crippen MR) is 66.0 cm³/mol. The van der Waals surface area contributed by atoms with E-state index in [0.717, 1.165) is 26.1 Å². The molecule has 2 rings (SSSR count). The number of ether oxygens (including phenoxy) is 1. The van der Waals surface area contributed by atoms with Crippen LogP contribution in [0.5, 0.6) is 0 Å². The average molecular weight is 241 g/mol. The molecule has 98 valence electrons. The third kappa shape index (κ3) is 4.52. The molecule has 0 radical (unpaired) electrons. The lowest BCUT2D eigenvalue weighted by atomic mass is 10.1. The first-order valence-electron chi connectivity index (χ1n) is 6.69. The minimum atomic E-state index is -0.0579. The van der Waals surface area contributed by atoms with Crippen LogP contribution < -0.4 is 10.6 Å². The molecular formula is C12H23N3O2. The van der Waals surface area contributed by atoms with Crippen molar-refractivity contribution in [2.24, 2.45) is 0 Å². The van der Waals surface area contributed by atoms with E-state index >= 15 is 0 Å². The highest BCUT2D eigenvalue weighted by molar-refractivity contribution is 5.74. The molecule has 2 saturated heterocycles. The second kappa shape index (κ2) is 6.81. The highest BCUT2D eigenvalue weighted by Gasteiger charge is 2.17. The maximum Gasteiger partial charge on any atom is 0.315 e. The van der Waals surface area contributed by atoms with Crippen LogP contribution in [0.2, 0.25) is 0 Å². The smallest absolute Gasteiger partial charge is 0.315 e. The lowest BCUT2D eigenvalue weighted by molar-refractivity contribution is 0.188. The lowest BCUT2D eigenvalue weighted by Gasteiger charge is -2.26. The Kier molecular flexibility index (Phi) is 5.07. The van der Waals surface area contributed by atoms with E-state index in [4.69, 9.17) is 4.74 Å². The summed E-state index contributed by atoms with van der Waals surface area (Å²) in [7, 11) is 0. The van der Waals surface area contributed by atoms with Crippen molar-refractivity contribution in [3.63, 3.8) is 0 Å². The Bertz CT molecular complexity index is 236. The number of hydrogen-bond donors (Lipinski definition) is 2. The molecule has 0 aromatic rings. The fourth-order valence-corrected chi connectivity index (χ4v) is 2.40. The number of nitrogens with zero attached hydrogens (tertiary/aromatic N) is 1. The van der Waals surface area contributed by atoms with Gasteiger partial charge in [0.25, 0.3) is 0 Å². The molecule has 0 aromatic heterocycles. The summed E-state index contributed by atoms with van der Waals surface area (Å²) in [5, 5.41) is 5.83. The number of urea groups is 1. The molecule has 2 aliphatic rings. The molecule has 0 spiro atoms. The Morgan fingerprint density at radius 2 is 2.12 bits per heavy atom. The molecule has 2 aliphatic heterocycles. The van der Waals surface area contributed by atoms with Crippen LogP contribution in [0.1, 0.15) is 25.7 Å². The Morgan fingerprint density at radius 1 is 1.29 bits per heavy atom. The maximum absolute atomic E-state index is 11.5. The van der Waals surface area contributed by atoms with Crippen molar-refractivity contribution in [1.82, 2.24) is 15.5 Å². The van der Waals surface area contributed by atoms with Crippen molar-refractivity contribution in [2.75, 3.05) is 39.4 Å². The van der Waals surface area contributed by atoms with Gasteiger partial charge in [0.05, 0.1) is 12.6 Å². The zero-order valence-corrected chi connectivity index (χ0v) is 10.4. The number of carbonyl (C=O) groups is 1. The molecule has 0 aliphatic carbocycles. The zero-order chi connectivity index (χ0) is 11.9. The largest absolute Gasteiger partial charge is 0.379 e. The van der Waals surface area contributed by atoms with Crippen LogP contribution in [-0.2, 0) is 4.74 Å². The number of nitrogens with one attached hydrogen (secondary N) is 2. The van der Waals surface area contributed by atoms with Crippen molar-refractivity contribution < 1.29 is 9.53 Å². The van der Waals surface area contributed by atoms with Gasteiger partial charge in [-0.3, -0.25) is 0 Å². The number of piperidine rings is 1. The molecule has 0 aromatic carbocycles. The van der Waals surface area contributed by atoms with E-state index in [-0.39, 0.29) is 12.1 Å². The summed E-state index contributed by atoms with van der Waals surface area (Å²) in [6, 6.07) is 0.141. The van der Waals surface area contributed by atoms with Gasteiger partial charge < -0.3 is 20.3 Å². The molecule has 0 saturated carbocycles. The molecule has 2 heterocycles. The lowest BCUT2D eigenvalue weighted by Crippen LogP contribution is -2.45. The molecule has 2 amide bonds. The van der Waals surface area contributed by atoms with E-state index in [2.05, 4.69) is 15.5 Å². The quantitative estimate of drug-likeness (QED) is 0.756. The summed E-state index contributed by atoms with van der Waals surface area (Å²) in [5.41, 5.74) is 0. The topological polar surface area (TPSA) is 53.6 Å². The molecule has 5 nitrogen and oxygen atoms in total. The maximum atomic E-state index is 11.5. The van der Waals surface area contributed by atoms with Gasteiger partial charge in [0.15, 0.2) is 0 Å². The van der Waals surface area contributed by atoms with Crippen LogP contribution in [0.3, 0.4) is 0 Å². The Hall–Kier alpha value is -0.810. The van der Waals surface area contributed by atoms with Crippen LogP contribution in [0.15, 0.2) is 0 Å². The third-order valence-electron chi connectivity index (χ3n) is 3.43. The molecule has 2 fully saturated rings. The Morgan fingerprint density at radius 3 is 2.82 bits per heavy atom. The first kappa shape index (κ1) is 12.6. The second-order valence-electron chi connectivity index (χ2n) is 4.86. The van der Waals surface area contributed by atoms with Gasteiger partial charge in [-0.25, -0.2) is 4.79 Å². The van der Waals surface area contributed by atoms with E-state index in [0.29, 0.717) is 6.61 Å². The summed E-state index contributed by atoms with van der Waals surface area (Å²) >= 11 is 0. The summed E-state index contributed by atoms with van der Waals surface area (Å²) < 4.78 is 5.21. The number of carbonyl (C=O) groups excluding carboxylic acids is 1. The summed E-state index contributed by atoms with van der Waals surface area (Å²) in [6.45, 7) is 5.48. The number of amides is 2. The predicted octanol–water partition coefficient (Wildman–Crippen LogP) is 0.560. The van der Waals surface area contributed by atoms with Gasteiger partial charge in [-0.05, 0) is 32.4 Å². The molecule has 2 N–H and O–H groups in total. The summed E-state index contributed by atoms with van der Waals surface area (Å²) in [6.07, 6.45) is 4.88. The van der Waals surface area contributed by atoms with Crippen molar-refractivity contribution in [2.45, 2.75) is 31.7 Å². The molecule has 17 heavy (non-hydrogen) atoms. The van der Waals surface area contributed by atoms with Gasteiger partial charge >= 0.3 is 6.03 Å². The van der Waals surface area contributed by atoms with Crippen molar-refractivity contribution in [3.05, 3.63) is 0 Å². The third-order valence-corrected chi connectivity index (χ3v) is 3.43. The van der Waals surface area contributed by atoms with E-state index in [1.165, 1.54) is 32.4 Å². The zero-order valence-electron chi connectivity index (χ0n) is 10.4. The molecule has 5 heteroatoms. The van der Waals surface area contributed by atoms with Gasteiger partial charge in [-0.15, -0.1) is 0 Å². The molecule has 1 atom stereocenters. The van der Waals surface area contributed by atoms with Crippen molar-refractivity contribution in [1.29, 1.82) is 0 Å². The second-order valence-corrected chi connectivity index (χ2v) is 4.86. The highest BCUT2D eigenvalue weighted by atomic mass is 16.5. The van der Waals surface area contributed by atoms with Crippen LogP contribution in [0, 0.1) is 0 Å².